The Kier molecular flexibility index (Phi) is 6.49. The van der Waals surface area contributed by atoms with Gasteiger partial charge in [0.2, 0.25) is 5.91 Å². The van der Waals surface area contributed by atoms with Gasteiger partial charge in [-0.25, -0.2) is 9.18 Å². The van der Waals surface area contributed by atoms with Crippen LogP contribution in [0.3, 0.4) is 0 Å². The van der Waals surface area contributed by atoms with Gasteiger partial charge >= 0.3 is 18.1 Å². The molecule has 0 bridgehead atoms. The lowest BCUT2D eigenvalue weighted by Gasteiger charge is -2.22. The van der Waals surface area contributed by atoms with Crippen LogP contribution in [0.4, 0.5) is 17.6 Å². The smallest absolute Gasteiger partial charge is 0.465 e. The number of alkyl halides is 3. The molecule has 1 atom stereocenters. The zero-order valence-corrected chi connectivity index (χ0v) is 18.1. The molecule has 0 heterocycles. The molecule has 1 fully saturated rings. The molecule has 6 nitrogen and oxygen atoms in total. The molecule has 2 N–H and O–H groups in total. The van der Waals surface area contributed by atoms with Crippen LogP contribution in [0.15, 0.2) is 36.4 Å². The van der Waals surface area contributed by atoms with E-state index in [9.17, 15) is 31.9 Å². The summed E-state index contributed by atoms with van der Waals surface area (Å²) in [6.07, 6.45) is -5.00. The maximum absolute atomic E-state index is 14.9. The lowest BCUT2D eigenvalue weighted by molar-refractivity contribution is -0.175. The van der Waals surface area contributed by atoms with E-state index in [2.05, 4.69) is 5.32 Å². The van der Waals surface area contributed by atoms with Crippen LogP contribution in [0.5, 0.6) is 0 Å². The van der Waals surface area contributed by atoms with Crippen molar-refractivity contribution in [1.82, 2.24) is 10.6 Å². The van der Waals surface area contributed by atoms with Crippen LogP contribution in [0, 0.1) is 12.7 Å². The predicted octanol–water partition coefficient (Wildman–Crippen LogP) is 3.98. The number of hydrogen-bond donors (Lipinski definition) is 2. The normalized spacial score (nSPS) is 15.4. The van der Waals surface area contributed by atoms with Gasteiger partial charge in [0.1, 0.15) is 11.4 Å². The first-order valence-electron chi connectivity index (χ1n) is 10.1. The number of ether oxygens (including phenoxy) is 1. The van der Waals surface area contributed by atoms with Crippen molar-refractivity contribution in [2.45, 2.75) is 44.4 Å². The standard InChI is InChI=1S/C23H22F4N2O4/c1-12-5-4-6-16(18(12)19(30)33-3)14-7-8-15(17(24)11-14)13(2)28-20(31)22(9-10-22)29-21(32)23(25,26)27/h4-8,11,13H,9-10H2,1-3H3,(H,28,31)(H,29,32)/t13-/m1/s1. The number of carbonyl (C=O) groups is 3. The fraction of sp³-hybridized carbons (Fsp3) is 0.348. The highest BCUT2D eigenvalue weighted by Gasteiger charge is 2.55. The molecular weight excluding hydrogens is 444 g/mol. The summed E-state index contributed by atoms with van der Waals surface area (Å²) in [5.41, 5.74) is 0.279. The number of hydrogen-bond acceptors (Lipinski definition) is 4. The molecule has 2 aromatic carbocycles. The fourth-order valence-corrected chi connectivity index (χ4v) is 3.56. The maximum Gasteiger partial charge on any atom is 0.471 e. The zero-order valence-electron chi connectivity index (χ0n) is 18.1. The maximum atomic E-state index is 14.9. The van der Waals surface area contributed by atoms with E-state index in [-0.39, 0.29) is 18.4 Å². The van der Waals surface area contributed by atoms with Crippen LogP contribution in [0.2, 0.25) is 0 Å². The number of aryl methyl sites for hydroxylation is 1. The summed E-state index contributed by atoms with van der Waals surface area (Å²) in [7, 11) is 1.25. The Morgan fingerprint density at radius 1 is 1.12 bits per heavy atom. The first kappa shape index (κ1) is 24.2. The lowest BCUT2D eigenvalue weighted by atomic mass is 9.94. The van der Waals surface area contributed by atoms with Crippen molar-refractivity contribution < 1.29 is 36.7 Å². The Labute approximate surface area is 187 Å². The summed E-state index contributed by atoms with van der Waals surface area (Å²) < 4.78 is 57.4. The number of methoxy groups -OCH3 is 1. The topological polar surface area (TPSA) is 84.5 Å². The Morgan fingerprint density at radius 3 is 2.33 bits per heavy atom. The van der Waals surface area contributed by atoms with E-state index < -0.39 is 41.4 Å². The first-order valence-corrected chi connectivity index (χ1v) is 10.1. The van der Waals surface area contributed by atoms with Crippen LogP contribution in [0.25, 0.3) is 11.1 Å². The second-order valence-electron chi connectivity index (χ2n) is 7.95. The summed E-state index contributed by atoms with van der Waals surface area (Å²) in [4.78, 5) is 35.9. The van der Waals surface area contributed by atoms with Crippen molar-refractivity contribution in [2.24, 2.45) is 0 Å². The molecule has 2 amide bonds. The number of esters is 1. The summed E-state index contributed by atoms with van der Waals surface area (Å²) >= 11 is 0. The Morgan fingerprint density at radius 2 is 1.79 bits per heavy atom. The van der Waals surface area contributed by atoms with E-state index in [0.29, 0.717) is 22.3 Å². The number of rotatable bonds is 6. The summed E-state index contributed by atoms with van der Waals surface area (Å²) in [6.45, 7) is 3.20. The molecule has 33 heavy (non-hydrogen) atoms. The van der Waals surface area contributed by atoms with Crippen LogP contribution >= 0.6 is 0 Å². The molecule has 3 rings (SSSR count). The summed E-state index contributed by atoms with van der Waals surface area (Å²) in [5, 5.41) is 4.19. The summed E-state index contributed by atoms with van der Waals surface area (Å²) in [6, 6.07) is 8.41. The number of amides is 2. The quantitative estimate of drug-likeness (QED) is 0.498. The molecule has 1 saturated carbocycles. The Balaban J connectivity index is 1.80. The SMILES string of the molecule is COC(=O)c1c(C)cccc1-c1ccc([C@@H](C)NC(=O)C2(NC(=O)C(F)(F)F)CC2)c(F)c1. The van der Waals surface area contributed by atoms with Gasteiger partial charge < -0.3 is 15.4 Å². The number of benzene rings is 2. The van der Waals surface area contributed by atoms with Crippen LogP contribution in [-0.2, 0) is 14.3 Å². The second kappa shape index (κ2) is 8.84. The number of nitrogens with one attached hydrogen (secondary N) is 2. The monoisotopic (exact) mass is 466 g/mol. The van der Waals surface area contributed by atoms with Gasteiger partial charge in [-0.1, -0.05) is 30.3 Å². The molecule has 0 radical (unpaired) electrons. The van der Waals surface area contributed by atoms with Gasteiger partial charge in [-0.05, 0) is 49.4 Å². The van der Waals surface area contributed by atoms with Gasteiger partial charge in [0.15, 0.2) is 0 Å². The largest absolute Gasteiger partial charge is 0.471 e. The first-order chi connectivity index (χ1) is 15.4. The molecule has 1 aliphatic rings. The van der Waals surface area contributed by atoms with E-state index in [1.165, 1.54) is 26.2 Å². The van der Waals surface area contributed by atoms with Crippen molar-refractivity contribution in [3.63, 3.8) is 0 Å². The van der Waals surface area contributed by atoms with E-state index in [4.69, 9.17) is 4.74 Å². The third-order valence-corrected chi connectivity index (χ3v) is 5.58. The highest BCUT2D eigenvalue weighted by molar-refractivity contribution is 5.99. The highest BCUT2D eigenvalue weighted by Crippen LogP contribution is 2.37. The lowest BCUT2D eigenvalue weighted by Crippen LogP contribution is -2.53. The minimum absolute atomic E-state index is 0.0540. The molecule has 0 saturated heterocycles. The molecular formula is C23H22F4N2O4. The summed E-state index contributed by atoms with van der Waals surface area (Å²) in [5.74, 6) is -4.26. The van der Waals surface area contributed by atoms with Crippen LogP contribution in [0.1, 0.15) is 47.3 Å². The van der Waals surface area contributed by atoms with E-state index in [1.807, 2.05) is 0 Å². The van der Waals surface area contributed by atoms with Gasteiger partial charge in [-0.2, -0.15) is 13.2 Å². The second-order valence-corrected chi connectivity index (χ2v) is 7.95. The molecule has 10 heteroatoms. The zero-order chi connectivity index (χ0) is 24.6. The number of halogens is 4. The van der Waals surface area contributed by atoms with E-state index in [1.54, 1.807) is 36.5 Å². The van der Waals surface area contributed by atoms with Crippen molar-refractivity contribution in [3.8, 4) is 11.1 Å². The van der Waals surface area contributed by atoms with Gasteiger partial charge in [0.25, 0.3) is 0 Å². The average molecular weight is 466 g/mol. The van der Waals surface area contributed by atoms with Gasteiger partial charge in [-0.15, -0.1) is 0 Å². The molecule has 176 valence electrons. The Bertz CT molecular complexity index is 1110. The van der Waals surface area contributed by atoms with Gasteiger partial charge in [0.05, 0.1) is 18.7 Å². The van der Waals surface area contributed by atoms with E-state index in [0.717, 1.165) is 0 Å². The molecule has 0 aromatic heterocycles. The third-order valence-electron chi connectivity index (χ3n) is 5.58. The molecule has 0 aliphatic heterocycles. The average Bonchev–Trinajstić information content (AvgIpc) is 3.52. The van der Waals surface area contributed by atoms with Crippen molar-refractivity contribution >= 4 is 17.8 Å². The minimum atomic E-state index is -5.11. The predicted molar refractivity (Wildman–Crippen MR) is 111 cm³/mol. The van der Waals surface area contributed by atoms with Gasteiger partial charge in [-0.3, -0.25) is 9.59 Å². The fourth-order valence-electron chi connectivity index (χ4n) is 3.56. The molecule has 0 unspecified atom stereocenters. The minimum Gasteiger partial charge on any atom is -0.465 e. The third kappa shape index (κ3) is 4.99. The molecule has 2 aromatic rings. The van der Waals surface area contributed by atoms with Crippen molar-refractivity contribution in [2.75, 3.05) is 7.11 Å². The van der Waals surface area contributed by atoms with Crippen molar-refractivity contribution in [3.05, 3.63) is 58.9 Å². The van der Waals surface area contributed by atoms with Crippen molar-refractivity contribution in [1.29, 1.82) is 0 Å². The van der Waals surface area contributed by atoms with Gasteiger partial charge in [0, 0.05) is 5.56 Å². The van der Waals surface area contributed by atoms with Crippen LogP contribution < -0.4 is 10.6 Å². The molecule has 1 aliphatic carbocycles. The highest BCUT2D eigenvalue weighted by atomic mass is 19.4. The Hall–Kier alpha value is -3.43. The molecule has 0 spiro atoms. The van der Waals surface area contributed by atoms with E-state index >= 15 is 0 Å². The van der Waals surface area contributed by atoms with Crippen LogP contribution in [-0.4, -0.2) is 36.6 Å². The number of carbonyl (C=O) groups excluding carboxylic acids is 3.